The molecule has 0 saturated carbocycles. The summed E-state index contributed by atoms with van der Waals surface area (Å²) in [5, 5.41) is 14.0. The Hall–Kier alpha value is -1.34. The van der Waals surface area contributed by atoms with Crippen LogP contribution in [0.3, 0.4) is 0 Å². The molecule has 0 unspecified atom stereocenters. The second-order valence-electron chi connectivity index (χ2n) is 5.81. The monoisotopic (exact) mass is 324 g/mol. The average molecular weight is 324 g/mol. The number of rotatable bonds is 4. The third-order valence-electron chi connectivity index (χ3n) is 2.86. The van der Waals surface area contributed by atoms with Gasteiger partial charge in [0.05, 0.1) is 17.2 Å². The van der Waals surface area contributed by atoms with Gasteiger partial charge in [-0.2, -0.15) is 0 Å². The third-order valence-corrected chi connectivity index (χ3v) is 5.51. The molecule has 1 N–H and O–H groups in total. The molecule has 0 saturated heterocycles. The molecule has 0 aliphatic carbocycles. The van der Waals surface area contributed by atoms with Crippen LogP contribution >= 0.6 is 22.7 Å². The lowest BCUT2D eigenvalue weighted by molar-refractivity contribution is 0.0954. The molecule has 0 aliphatic rings. The molecule has 0 spiro atoms. The number of thiazole rings is 1. The van der Waals surface area contributed by atoms with Crippen LogP contribution in [-0.4, -0.2) is 21.1 Å². The summed E-state index contributed by atoms with van der Waals surface area (Å²) in [5.41, 5.74) is 0.784. The van der Waals surface area contributed by atoms with Crippen molar-refractivity contribution in [2.45, 2.75) is 53.0 Å². The Bertz CT molecular complexity index is 640. The minimum atomic E-state index is -0.0859. The molecule has 1 amide bonds. The fourth-order valence-electron chi connectivity index (χ4n) is 1.68. The van der Waals surface area contributed by atoms with Gasteiger partial charge in [-0.25, -0.2) is 4.98 Å². The number of nitrogens with zero attached hydrogens (tertiary/aromatic N) is 3. The van der Waals surface area contributed by atoms with E-state index in [-0.39, 0.29) is 11.3 Å². The molecule has 0 aliphatic heterocycles. The van der Waals surface area contributed by atoms with Crippen molar-refractivity contribution in [3.05, 3.63) is 25.6 Å². The van der Waals surface area contributed by atoms with Crippen LogP contribution in [0, 0.1) is 6.92 Å². The van der Waals surface area contributed by atoms with Gasteiger partial charge in [-0.1, -0.05) is 39.0 Å². The predicted molar refractivity (Wildman–Crippen MR) is 86.0 cm³/mol. The smallest absolute Gasteiger partial charge is 0.263 e. The van der Waals surface area contributed by atoms with Gasteiger partial charge >= 0.3 is 0 Å². The summed E-state index contributed by atoms with van der Waals surface area (Å²) >= 11 is 3.00. The van der Waals surface area contributed by atoms with E-state index in [4.69, 9.17) is 0 Å². The van der Waals surface area contributed by atoms with E-state index < -0.39 is 0 Å². The molecule has 2 heterocycles. The molecule has 0 aromatic carbocycles. The molecular weight excluding hydrogens is 304 g/mol. The maximum atomic E-state index is 12.2. The van der Waals surface area contributed by atoms with Crippen molar-refractivity contribution in [2.24, 2.45) is 0 Å². The quantitative estimate of drug-likeness (QED) is 0.938. The first-order valence-corrected chi connectivity index (χ1v) is 8.52. The lowest BCUT2D eigenvalue weighted by atomic mass is 9.98. The van der Waals surface area contributed by atoms with Gasteiger partial charge < -0.3 is 5.32 Å². The van der Waals surface area contributed by atoms with Gasteiger partial charge in [0, 0.05) is 5.41 Å². The molecule has 2 rings (SSSR count). The first-order chi connectivity index (χ1) is 9.81. The Kier molecular flexibility index (Phi) is 4.73. The highest BCUT2D eigenvalue weighted by atomic mass is 32.1. The zero-order chi connectivity index (χ0) is 15.6. The summed E-state index contributed by atoms with van der Waals surface area (Å²) in [4.78, 5) is 17.2. The molecule has 0 atom stereocenters. The normalized spacial score (nSPS) is 11.7. The molecule has 5 nitrogen and oxygen atoms in total. The number of carbonyl (C=O) groups is 1. The van der Waals surface area contributed by atoms with Crippen LogP contribution in [0.4, 0.5) is 0 Å². The van der Waals surface area contributed by atoms with Crippen LogP contribution in [0.25, 0.3) is 0 Å². The Morgan fingerprint density at radius 2 is 1.90 bits per heavy atom. The molecule has 2 aromatic rings. The van der Waals surface area contributed by atoms with Crippen LogP contribution in [0.1, 0.15) is 58.1 Å². The second-order valence-corrected chi connectivity index (χ2v) is 7.96. The van der Waals surface area contributed by atoms with Crippen LogP contribution < -0.4 is 5.32 Å². The van der Waals surface area contributed by atoms with Gasteiger partial charge in [0.15, 0.2) is 0 Å². The minimum absolute atomic E-state index is 0.00971. The Morgan fingerprint density at radius 3 is 2.43 bits per heavy atom. The number of aromatic nitrogens is 3. The van der Waals surface area contributed by atoms with Crippen molar-refractivity contribution in [3.63, 3.8) is 0 Å². The third kappa shape index (κ3) is 3.85. The highest BCUT2D eigenvalue weighted by Gasteiger charge is 2.20. The molecule has 0 bridgehead atoms. The lowest BCUT2D eigenvalue weighted by Gasteiger charge is -2.12. The fraction of sp³-hybridized carbons (Fsp3) is 0.571. The highest BCUT2D eigenvalue weighted by Crippen LogP contribution is 2.25. The second kappa shape index (κ2) is 6.19. The van der Waals surface area contributed by atoms with E-state index in [1.807, 2.05) is 13.8 Å². The first-order valence-electron chi connectivity index (χ1n) is 6.88. The van der Waals surface area contributed by atoms with Crippen LogP contribution in [0.15, 0.2) is 0 Å². The predicted octanol–water partition coefficient (Wildman–Crippen LogP) is 3.09. The van der Waals surface area contributed by atoms with Gasteiger partial charge in [0.1, 0.15) is 14.9 Å². The summed E-state index contributed by atoms with van der Waals surface area (Å²) in [6.45, 7) is 10.6. The van der Waals surface area contributed by atoms with E-state index >= 15 is 0 Å². The highest BCUT2D eigenvalue weighted by molar-refractivity contribution is 7.13. The van der Waals surface area contributed by atoms with E-state index in [0.717, 1.165) is 27.1 Å². The molecule has 7 heteroatoms. The Morgan fingerprint density at radius 1 is 1.19 bits per heavy atom. The van der Waals surface area contributed by atoms with Gasteiger partial charge in [-0.05, 0) is 13.3 Å². The summed E-state index contributed by atoms with van der Waals surface area (Å²) < 4.78 is 0. The molecule has 21 heavy (non-hydrogen) atoms. The van der Waals surface area contributed by atoms with Crippen LogP contribution in [0.2, 0.25) is 0 Å². The molecule has 2 aromatic heterocycles. The number of hydrogen-bond acceptors (Lipinski definition) is 6. The van der Waals surface area contributed by atoms with E-state index in [2.05, 4.69) is 41.3 Å². The summed E-state index contributed by atoms with van der Waals surface area (Å²) in [6, 6.07) is 0. The van der Waals surface area contributed by atoms with Gasteiger partial charge in [-0.15, -0.1) is 21.5 Å². The van der Waals surface area contributed by atoms with Crippen molar-refractivity contribution in [3.8, 4) is 0 Å². The number of hydrogen-bond donors (Lipinski definition) is 1. The molecule has 114 valence electrons. The van der Waals surface area contributed by atoms with Crippen molar-refractivity contribution >= 4 is 28.6 Å². The van der Waals surface area contributed by atoms with Crippen LogP contribution in [0.5, 0.6) is 0 Å². The minimum Gasteiger partial charge on any atom is -0.345 e. The average Bonchev–Trinajstić information content (AvgIpc) is 3.01. The molecular formula is C14H20N4OS2. The number of amides is 1. The van der Waals surface area contributed by atoms with Crippen LogP contribution in [-0.2, 0) is 18.4 Å². The summed E-state index contributed by atoms with van der Waals surface area (Å²) in [6.07, 6.45) is 0.851. The van der Waals surface area contributed by atoms with Gasteiger partial charge in [0.2, 0.25) is 0 Å². The zero-order valence-corrected chi connectivity index (χ0v) is 14.6. The standard InChI is InChI=1S/C14H20N4OS2/c1-6-9-16-8(2)11(20-9)12(19)15-7-10-17-18-13(21-10)14(3,4)5/h6-7H2,1-5H3,(H,15,19). The molecule has 0 fully saturated rings. The van der Waals surface area contributed by atoms with E-state index in [0.29, 0.717) is 11.4 Å². The summed E-state index contributed by atoms with van der Waals surface area (Å²) in [7, 11) is 0. The number of nitrogens with one attached hydrogen (secondary N) is 1. The maximum absolute atomic E-state index is 12.2. The maximum Gasteiger partial charge on any atom is 0.263 e. The Balaban J connectivity index is 2.01. The van der Waals surface area contributed by atoms with E-state index in [1.54, 1.807) is 11.3 Å². The van der Waals surface area contributed by atoms with Gasteiger partial charge in [0.25, 0.3) is 5.91 Å². The number of aryl methyl sites for hydroxylation is 2. The van der Waals surface area contributed by atoms with Crippen molar-refractivity contribution in [1.82, 2.24) is 20.5 Å². The largest absolute Gasteiger partial charge is 0.345 e. The van der Waals surface area contributed by atoms with E-state index in [1.165, 1.54) is 11.3 Å². The van der Waals surface area contributed by atoms with Crippen molar-refractivity contribution < 1.29 is 4.79 Å². The summed E-state index contributed by atoms with van der Waals surface area (Å²) in [5.74, 6) is -0.0859. The van der Waals surface area contributed by atoms with Crippen molar-refractivity contribution in [2.75, 3.05) is 0 Å². The lowest BCUT2D eigenvalue weighted by Crippen LogP contribution is -2.22. The SMILES string of the molecule is CCc1nc(C)c(C(=O)NCc2nnc(C(C)(C)C)s2)s1. The number of carbonyl (C=O) groups excluding carboxylic acids is 1. The first kappa shape index (κ1) is 16.0. The van der Waals surface area contributed by atoms with Crippen molar-refractivity contribution in [1.29, 1.82) is 0 Å². The zero-order valence-electron chi connectivity index (χ0n) is 13.0. The fourth-order valence-corrected chi connectivity index (χ4v) is 3.44. The van der Waals surface area contributed by atoms with E-state index in [9.17, 15) is 4.79 Å². The van der Waals surface area contributed by atoms with Gasteiger partial charge in [-0.3, -0.25) is 4.79 Å². The Labute approximate surface area is 132 Å². The topological polar surface area (TPSA) is 67.8 Å². The molecule has 0 radical (unpaired) electrons.